The summed E-state index contributed by atoms with van der Waals surface area (Å²) in [6.45, 7) is 2.80. The van der Waals surface area contributed by atoms with Crippen LogP contribution in [0.3, 0.4) is 0 Å². The van der Waals surface area contributed by atoms with E-state index in [-0.39, 0.29) is 16.8 Å². The molecule has 0 aromatic heterocycles. The lowest BCUT2D eigenvalue weighted by atomic mass is 10.3. The van der Waals surface area contributed by atoms with Crippen LogP contribution in [-0.4, -0.2) is 45.6 Å². The first-order valence-corrected chi connectivity index (χ1v) is 9.38. The van der Waals surface area contributed by atoms with Gasteiger partial charge in [-0.3, -0.25) is 9.59 Å². The topological polar surface area (TPSA) is 111 Å². The van der Waals surface area contributed by atoms with Gasteiger partial charge >= 0.3 is 5.97 Å². The number of amides is 1. The normalized spacial score (nSPS) is 16.6. The van der Waals surface area contributed by atoms with Crippen LogP contribution in [0.2, 0.25) is 0 Å². The SMILES string of the molecule is COc1ccc(S(=O)(=O)N[C@@H](C)C(=O)O[C@@H](C)C(=O)NC2CC2)cc1. The highest BCUT2D eigenvalue weighted by Crippen LogP contribution is 2.19. The zero-order valence-corrected chi connectivity index (χ0v) is 15.1. The van der Waals surface area contributed by atoms with Crippen LogP contribution in [0.25, 0.3) is 0 Å². The number of hydrogen-bond acceptors (Lipinski definition) is 6. The minimum atomic E-state index is -3.90. The van der Waals surface area contributed by atoms with E-state index in [0.717, 1.165) is 12.8 Å². The Bertz CT molecular complexity index is 727. The summed E-state index contributed by atoms with van der Waals surface area (Å²) in [5.41, 5.74) is 0. The number of sulfonamides is 1. The molecule has 0 bridgehead atoms. The van der Waals surface area contributed by atoms with Gasteiger partial charge in [0.1, 0.15) is 11.8 Å². The third-order valence-corrected chi connectivity index (χ3v) is 5.20. The molecule has 1 saturated carbocycles. The van der Waals surface area contributed by atoms with Gasteiger partial charge in [-0.15, -0.1) is 0 Å². The van der Waals surface area contributed by atoms with Gasteiger partial charge in [-0.2, -0.15) is 4.72 Å². The van der Waals surface area contributed by atoms with Gasteiger partial charge in [-0.25, -0.2) is 8.42 Å². The molecule has 0 unspecified atom stereocenters. The van der Waals surface area contributed by atoms with Crippen LogP contribution < -0.4 is 14.8 Å². The summed E-state index contributed by atoms with van der Waals surface area (Å²) in [4.78, 5) is 23.8. The fourth-order valence-corrected chi connectivity index (χ4v) is 3.17. The molecule has 1 aliphatic rings. The second-order valence-corrected chi connectivity index (χ2v) is 7.59. The number of hydrogen-bond donors (Lipinski definition) is 2. The highest BCUT2D eigenvalue weighted by atomic mass is 32.2. The Hall–Kier alpha value is -2.13. The van der Waals surface area contributed by atoms with Gasteiger partial charge in [-0.05, 0) is 51.0 Å². The maximum absolute atomic E-state index is 12.3. The van der Waals surface area contributed by atoms with Crippen molar-refractivity contribution in [3.63, 3.8) is 0 Å². The fraction of sp³-hybridized carbons (Fsp3) is 0.500. The van der Waals surface area contributed by atoms with Crippen LogP contribution in [0.1, 0.15) is 26.7 Å². The van der Waals surface area contributed by atoms with Gasteiger partial charge in [0.15, 0.2) is 6.10 Å². The predicted octanol–water partition coefficient (Wildman–Crippen LogP) is 0.572. The zero-order valence-electron chi connectivity index (χ0n) is 14.3. The lowest BCUT2D eigenvalue weighted by molar-refractivity contribution is -0.156. The van der Waals surface area contributed by atoms with Crippen molar-refractivity contribution in [2.45, 2.75) is 49.8 Å². The molecule has 1 aliphatic carbocycles. The molecule has 0 heterocycles. The molecule has 2 rings (SSSR count). The molecule has 2 atom stereocenters. The Labute approximate surface area is 146 Å². The van der Waals surface area contributed by atoms with Crippen LogP contribution >= 0.6 is 0 Å². The highest BCUT2D eigenvalue weighted by Gasteiger charge is 2.29. The Morgan fingerprint density at radius 2 is 1.76 bits per heavy atom. The summed E-state index contributed by atoms with van der Waals surface area (Å²) < 4.78 is 36.8. The number of benzene rings is 1. The number of methoxy groups -OCH3 is 1. The number of esters is 1. The van der Waals surface area contributed by atoms with Crippen molar-refractivity contribution >= 4 is 21.9 Å². The summed E-state index contributed by atoms with van der Waals surface area (Å²) in [6.07, 6.45) is 0.857. The Morgan fingerprint density at radius 3 is 2.28 bits per heavy atom. The number of carbonyl (C=O) groups excluding carboxylic acids is 2. The quantitative estimate of drug-likeness (QED) is 0.648. The Morgan fingerprint density at radius 1 is 1.16 bits per heavy atom. The van der Waals surface area contributed by atoms with Crippen molar-refractivity contribution in [2.24, 2.45) is 0 Å². The maximum atomic E-state index is 12.3. The van der Waals surface area contributed by atoms with Crippen molar-refractivity contribution in [3.05, 3.63) is 24.3 Å². The fourth-order valence-electron chi connectivity index (χ4n) is 1.98. The van der Waals surface area contributed by atoms with Gasteiger partial charge in [0.05, 0.1) is 12.0 Å². The summed E-state index contributed by atoms with van der Waals surface area (Å²) in [5.74, 6) is -0.696. The average Bonchev–Trinajstić information content (AvgIpc) is 3.38. The Kier molecular flexibility index (Phi) is 6.02. The molecular weight excluding hydrogens is 348 g/mol. The maximum Gasteiger partial charge on any atom is 0.324 e. The van der Waals surface area contributed by atoms with E-state index in [9.17, 15) is 18.0 Å². The zero-order chi connectivity index (χ0) is 18.6. The van der Waals surface area contributed by atoms with Crippen molar-refractivity contribution in [1.29, 1.82) is 0 Å². The molecule has 1 aromatic rings. The molecule has 1 aromatic carbocycles. The molecule has 0 spiro atoms. The smallest absolute Gasteiger partial charge is 0.324 e. The predicted molar refractivity (Wildman–Crippen MR) is 89.5 cm³/mol. The first kappa shape index (κ1) is 19.2. The van der Waals surface area contributed by atoms with Gasteiger partial charge in [0.25, 0.3) is 5.91 Å². The van der Waals surface area contributed by atoms with E-state index in [1.54, 1.807) is 0 Å². The third-order valence-electron chi connectivity index (χ3n) is 3.64. The largest absolute Gasteiger partial charge is 0.497 e. The van der Waals surface area contributed by atoms with Crippen LogP contribution in [0, 0.1) is 0 Å². The molecule has 2 N–H and O–H groups in total. The standard InChI is InChI=1S/C16H22N2O6S/c1-10(16(20)24-11(2)15(19)17-12-4-5-12)18-25(21,22)14-8-6-13(23-3)7-9-14/h6-12,18H,4-5H2,1-3H3,(H,17,19)/t10-,11-/m0/s1. The summed E-state index contributed by atoms with van der Waals surface area (Å²) >= 11 is 0. The van der Waals surface area contributed by atoms with E-state index >= 15 is 0 Å². The molecule has 25 heavy (non-hydrogen) atoms. The molecule has 138 valence electrons. The number of ether oxygens (including phenoxy) is 2. The molecule has 1 fully saturated rings. The summed E-state index contributed by atoms with van der Waals surface area (Å²) in [7, 11) is -2.43. The highest BCUT2D eigenvalue weighted by molar-refractivity contribution is 7.89. The minimum absolute atomic E-state index is 0.00697. The number of carbonyl (C=O) groups is 2. The molecule has 1 amide bonds. The second kappa shape index (κ2) is 7.83. The molecular formula is C16H22N2O6S. The summed E-state index contributed by atoms with van der Waals surface area (Å²) in [6, 6.07) is 4.75. The van der Waals surface area contributed by atoms with E-state index in [0.29, 0.717) is 5.75 Å². The van der Waals surface area contributed by atoms with Gasteiger partial charge < -0.3 is 14.8 Å². The number of nitrogens with one attached hydrogen (secondary N) is 2. The van der Waals surface area contributed by atoms with Gasteiger partial charge in [0.2, 0.25) is 10.0 Å². The lowest BCUT2D eigenvalue weighted by Crippen LogP contribution is -2.43. The van der Waals surface area contributed by atoms with E-state index in [1.165, 1.54) is 45.2 Å². The Balaban J connectivity index is 1.92. The van der Waals surface area contributed by atoms with Crippen LogP contribution in [0.15, 0.2) is 29.2 Å². The third kappa shape index (κ3) is 5.43. The monoisotopic (exact) mass is 370 g/mol. The van der Waals surface area contributed by atoms with E-state index in [4.69, 9.17) is 9.47 Å². The lowest BCUT2D eigenvalue weighted by Gasteiger charge is -2.17. The molecule has 8 nitrogen and oxygen atoms in total. The molecule has 0 aliphatic heterocycles. The number of rotatable bonds is 8. The van der Waals surface area contributed by atoms with Crippen LogP contribution in [0.5, 0.6) is 5.75 Å². The van der Waals surface area contributed by atoms with Crippen molar-refractivity contribution in [2.75, 3.05) is 7.11 Å². The van der Waals surface area contributed by atoms with Crippen LogP contribution in [0.4, 0.5) is 0 Å². The first-order chi connectivity index (χ1) is 11.7. The van der Waals surface area contributed by atoms with E-state index in [1.807, 2.05) is 0 Å². The van der Waals surface area contributed by atoms with Gasteiger partial charge in [-0.1, -0.05) is 0 Å². The van der Waals surface area contributed by atoms with E-state index < -0.39 is 28.1 Å². The molecule has 9 heteroatoms. The van der Waals surface area contributed by atoms with E-state index in [2.05, 4.69) is 10.0 Å². The molecule has 0 radical (unpaired) electrons. The summed E-state index contributed by atoms with van der Waals surface area (Å²) in [5, 5.41) is 2.72. The van der Waals surface area contributed by atoms with Gasteiger partial charge in [0, 0.05) is 6.04 Å². The van der Waals surface area contributed by atoms with Crippen molar-refractivity contribution in [3.8, 4) is 5.75 Å². The molecule has 0 saturated heterocycles. The first-order valence-electron chi connectivity index (χ1n) is 7.90. The van der Waals surface area contributed by atoms with Crippen molar-refractivity contribution in [1.82, 2.24) is 10.0 Å². The second-order valence-electron chi connectivity index (χ2n) is 5.88. The minimum Gasteiger partial charge on any atom is -0.497 e. The van der Waals surface area contributed by atoms with Crippen LogP contribution in [-0.2, 0) is 24.3 Å². The van der Waals surface area contributed by atoms with Crippen molar-refractivity contribution < 1.29 is 27.5 Å². The average molecular weight is 370 g/mol.